The fourth-order valence-corrected chi connectivity index (χ4v) is 3.64. The predicted octanol–water partition coefficient (Wildman–Crippen LogP) is 1.26. The summed E-state index contributed by atoms with van der Waals surface area (Å²) in [6.45, 7) is 4.29. The van der Waals surface area contributed by atoms with E-state index in [0.717, 1.165) is 37.2 Å². The zero-order valence-corrected chi connectivity index (χ0v) is 11.4. The molecule has 3 heterocycles. The molecule has 0 aromatic carbocycles. The molecular formula is C14H23N3O. The van der Waals surface area contributed by atoms with Gasteiger partial charge in [-0.2, -0.15) is 5.10 Å². The van der Waals surface area contributed by atoms with Crippen molar-refractivity contribution in [2.45, 2.75) is 50.7 Å². The first-order valence-corrected chi connectivity index (χ1v) is 7.02. The van der Waals surface area contributed by atoms with Crippen molar-refractivity contribution in [1.82, 2.24) is 14.7 Å². The summed E-state index contributed by atoms with van der Waals surface area (Å²) in [6, 6.07) is 2.71. The Morgan fingerprint density at radius 1 is 1.50 bits per heavy atom. The Kier molecular flexibility index (Phi) is 2.94. The van der Waals surface area contributed by atoms with Crippen molar-refractivity contribution in [2.24, 2.45) is 7.05 Å². The summed E-state index contributed by atoms with van der Waals surface area (Å²) in [5.74, 6) is 0. The molecule has 0 amide bonds. The number of piperidine rings is 1. The summed E-state index contributed by atoms with van der Waals surface area (Å²) < 4.78 is 1.91. The van der Waals surface area contributed by atoms with Gasteiger partial charge in [-0.25, -0.2) is 0 Å². The molecule has 1 aromatic rings. The fraction of sp³-hybridized carbons (Fsp3) is 0.786. The third-order valence-electron chi connectivity index (χ3n) is 4.59. The van der Waals surface area contributed by atoms with E-state index in [4.69, 9.17) is 0 Å². The van der Waals surface area contributed by atoms with Crippen LogP contribution in [0, 0.1) is 6.92 Å². The highest BCUT2D eigenvalue weighted by Gasteiger charge is 2.40. The molecule has 0 saturated carbocycles. The van der Waals surface area contributed by atoms with Gasteiger partial charge in [0.15, 0.2) is 0 Å². The van der Waals surface area contributed by atoms with E-state index in [2.05, 4.69) is 16.1 Å². The van der Waals surface area contributed by atoms with Gasteiger partial charge in [-0.15, -0.1) is 0 Å². The minimum atomic E-state index is -0.522. The van der Waals surface area contributed by atoms with Crippen LogP contribution in [0.5, 0.6) is 0 Å². The highest BCUT2D eigenvalue weighted by molar-refractivity contribution is 5.12. The van der Waals surface area contributed by atoms with Crippen LogP contribution in [0.3, 0.4) is 0 Å². The van der Waals surface area contributed by atoms with Gasteiger partial charge in [0.25, 0.3) is 0 Å². The van der Waals surface area contributed by atoms with Crippen molar-refractivity contribution in [2.75, 3.05) is 13.1 Å². The molecule has 2 fully saturated rings. The zero-order valence-electron chi connectivity index (χ0n) is 11.4. The molecule has 18 heavy (non-hydrogen) atoms. The lowest BCUT2D eigenvalue weighted by molar-refractivity contribution is -0.0365. The van der Waals surface area contributed by atoms with Gasteiger partial charge in [-0.05, 0) is 45.2 Å². The summed E-state index contributed by atoms with van der Waals surface area (Å²) in [4.78, 5) is 2.54. The minimum Gasteiger partial charge on any atom is -0.389 e. The van der Waals surface area contributed by atoms with Crippen molar-refractivity contribution in [3.8, 4) is 0 Å². The van der Waals surface area contributed by atoms with Gasteiger partial charge in [0.05, 0.1) is 11.3 Å². The Bertz CT molecular complexity index is 442. The molecule has 2 aliphatic rings. The van der Waals surface area contributed by atoms with Crippen molar-refractivity contribution in [3.05, 3.63) is 17.5 Å². The van der Waals surface area contributed by atoms with E-state index in [1.807, 2.05) is 18.7 Å². The molecule has 0 bridgehead atoms. The van der Waals surface area contributed by atoms with E-state index < -0.39 is 5.60 Å². The number of fused-ring (bicyclic) bond motifs is 1. The third-order valence-corrected chi connectivity index (χ3v) is 4.59. The summed E-state index contributed by atoms with van der Waals surface area (Å²) in [5, 5.41) is 15.2. The maximum absolute atomic E-state index is 10.8. The maximum Gasteiger partial charge on any atom is 0.0729 e. The maximum atomic E-state index is 10.8. The molecule has 2 unspecified atom stereocenters. The molecule has 1 aromatic heterocycles. The van der Waals surface area contributed by atoms with E-state index in [9.17, 15) is 5.11 Å². The predicted molar refractivity (Wildman–Crippen MR) is 70.4 cm³/mol. The Hall–Kier alpha value is -0.870. The SMILES string of the molecule is Cc1cc(CC2(O)CCN3CCCC3C2)n(C)n1. The van der Waals surface area contributed by atoms with Crippen LogP contribution in [0.25, 0.3) is 0 Å². The number of aliphatic hydroxyl groups is 1. The summed E-state index contributed by atoms with van der Waals surface area (Å²) in [6.07, 6.45) is 5.12. The number of hydrogen-bond donors (Lipinski definition) is 1. The van der Waals surface area contributed by atoms with E-state index in [1.165, 1.54) is 19.4 Å². The first-order valence-electron chi connectivity index (χ1n) is 7.02. The van der Waals surface area contributed by atoms with Gasteiger partial charge >= 0.3 is 0 Å². The summed E-state index contributed by atoms with van der Waals surface area (Å²) in [5.41, 5.74) is 1.67. The van der Waals surface area contributed by atoms with E-state index in [0.29, 0.717) is 6.04 Å². The minimum absolute atomic E-state index is 0.522. The Labute approximate surface area is 109 Å². The smallest absolute Gasteiger partial charge is 0.0729 e. The molecule has 2 saturated heterocycles. The third kappa shape index (κ3) is 2.19. The van der Waals surface area contributed by atoms with Crippen LogP contribution in [0.4, 0.5) is 0 Å². The van der Waals surface area contributed by atoms with E-state index in [-0.39, 0.29) is 0 Å². The second-order valence-corrected chi connectivity index (χ2v) is 6.09. The number of rotatable bonds is 2. The molecule has 0 spiro atoms. The monoisotopic (exact) mass is 249 g/mol. The van der Waals surface area contributed by atoms with Crippen LogP contribution in [0.1, 0.15) is 37.1 Å². The average molecular weight is 249 g/mol. The number of aromatic nitrogens is 2. The first-order chi connectivity index (χ1) is 8.56. The van der Waals surface area contributed by atoms with Gasteiger partial charge in [0, 0.05) is 31.7 Å². The van der Waals surface area contributed by atoms with Crippen LogP contribution in [0.15, 0.2) is 6.07 Å². The van der Waals surface area contributed by atoms with Crippen LogP contribution in [-0.4, -0.2) is 44.5 Å². The molecule has 100 valence electrons. The summed E-state index contributed by atoms with van der Waals surface area (Å²) >= 11 is 0. The molecule has 2 atom stereocenters. The van der Waals surface area contributed by atoms with Crippen LogP contribution < -0.4 is 0 Å². The lowest BCUT2D eigenvalue weighted by Crippen LogP contribution is -2.49. The van der Waals surface area contributed by atoms with Crippen molar-refractivity contribution < 1.29 is 5.11 Å². The number of hydrogen-bond acceptors (Lipinski definition) is 3. The Morgan fingerprint density at radius 2 is 2.33 bits per heavy atom. The second kappa shape index (κ2) is 4.35. The first kappa shape index (κ1) is 12.2. The quantitative estimate of drug-likeness (QED) is 0.858. The molecule has 4 nitrogen and oxygen atoms in total. The molecule has 3 rings (SSSR count). The number of aryl methyl sites for hydroxylation is 2. The molecular weight excluding hydrogens is 226 g/mol. The fourth-order valence-electron chi connectivity index (χ4n) is 3.64. The molecule has 0 radical (unpaired) electrons. The van der Waals surface area contributed by atoms with Gasteiger partial charge in [-0.1, -0.05) is 0 Å². The summed E-state index contributed by atoms with van der Waals surface area (Å²) in [7, 11) is 1.97. The van der Waals surface area contributed by atoms with Gasteiger partial charge in [0.1, 0.15) is 0 Å². The van der Waals surface area contributed by atoms with Crippen molar-refractivity contribution in [3.63, 3.8) is 0 Å². The lowest BCUT2D eigenvalue weighted by Gasteiger charge is -2.40. The normalized spacial score (nSPS) is 32.7. The largest absolute Gasteiger partial charge is 0.389 e. The highest BCUT2D eigenvalue weighted by atomic mass is 16.3. The van der Waals surface area contributed by atoms with E-state index >= 15 is 0 Å². The lowest BCUT2D eigenvalue weighted by atomic mass is 9.83. The Morgan fingerprint density at radius 3 is 3.06 bits per heavy atom. The molecule has 4 heteroatoms. The van der Waals surface area contributed by atoms with Gasteiger partial charge in [0.2, 0.25) is 0 Å². The second-order valence-electron chi connectivity index (χ2n) is 6.09. The molecule has 0 aliphatic carbocycles. The van der Waals surface area contributed by atoms with Crippen LogP contribution >= 0.6 is 0 Å². The van der Waals surface area contributed by atoms with Crippen LogP contribution in [0.2, 0.25) is 0 Å². The van der Waals surface area contributed by atoms with Crippen LogP contribution in [-0.2, 0) is 13.5 Å². The van der Waals surface area contributed by atoms with Crippen molar-refractivity contribution >= 4 is 0 Å². The number of nitrogens with zero attached hydrogens (tertiary/aromatic N) is 3. The zero-order chi connectivity index (χ0) is 12.8. The van der Waals surface area contributed by atoms with Crippen molar-refractivity contribution in [1.29, 1.82) is 0 Å². The van der Waals surface area contributed by atoms with E-state index in [1.54, 1.807) is 0 Å². The highest BCUT2D eigenvalue weighted by Crippen LogP contribution is 2.35. The average Bonchev–Trinajstić information content (AvgIpc) is 2.85. The standard InChI is InChI=1S/C14H23N3O/c1-11-8-13(16(2)15-11)10-14(18)5-7-17-6-3-4-12(17)9-14/h8,12,18H,3-7,9-10H2,1-2H3. The topological polar surface area (TPSA) is 41.3 Å². The molecule has 1 N–H and O–H groups in total. The molecule has 2 aliphatic heterocycles. The van der Waals surface area contributed by atoms with Gasteiger partial charge < -0.3 is 10.0 Å². The Balaban J connectivity index is 1.73. The van der Waals surface area contributed by atoms with Gasteiger partial charge in [-0.3, -0.25) is 4.68 Å².